The molecule has 0 N–H and O–H groups in total. The molecule has 2 aliphatic heterocycles. The number of amides is 1. The molecule has 180 valence electrons. The molecule has 9 heteroatoms. The second-order valence-corrected chi connectivity index (χ2v) is 9.99. The Morgan fingerprint density at radius 2 is 1.79 bits per heavy atom. The Labute approximate surface area is 204 Å². The molecular weight excluding hydrogens is 452 g/mol. The standard InChI is InChI=1S/C25H31ClN6O2/c1-25(2,17-26)24(33)31-12-10-30(11-13-31)22-20-16-27-32(19-6-4-3-5-7-19)23(20)29-21(28-22)18-8-14-34-15-9-18/h3-7,16,18H,8-15,17H2,1-2H3. The number of para-hydroxylation sites is 1. The molecule has 0 aliphatic carbocycles. The molecule has 0 saturated carbocycles. The van der Waals surface area contributed by atoms with Gasteiger partial charge in [0.25, 0.3) is 0 Å². The lowest BCUT2D eigenvalue weighted by atomic mass is 9.94. The van der Waals surface area contributed by atoms with Crippen LogP contribution in [0.15, 0.2) is 36.5 Å². The van der Waals surface area contributed by atoms with Gasteiger partial charge in [-0.2, -0.15) is 5.10 Å². The fourth-order valence-corrected chi connectivity index (χ4v) is 4.77. The van der Waals surface area contributed by atoms with Crippen molar-refractivity contribution in [2.24, 2.45) is 5.41 Å². The summed E-state index contributed by atoms with van der Waals surface area (Å²) >= 11 is 6.05. The van der Waals surface area contributed by atoms with Crippen molar-refractivity contribution >= 4 is 34.4 Å². The van der Waals surface area contributed by atoms with Crippen LogP contribution in [0, 0.1) is 5.41 Å². The molecule has 1 aromatic carbocycles. The highest BCUT2D eigenvalue weighted by Crippen LogP contribution is 2.32. The first kappa shape index (κ1) is 23.1. The molecule has 2 fully saturated rings. The van der Waals surface area contributed by atoms with Gasteiger partial charge in [0.15, 0.2) is 5.65 Å². The van der Waals surface area contributed by atoms with Crippen molar-refractivity contribution in [2.45, 2.75) is 32.6 Å². The summed E-state index contributed by atoms with van der Waals surface area (Å²) in [5.74, 6) is 2.44. The van der Waals surface area contributed by atoms with Crippen LogP contribution in [0.5, 0.6) is 0 Å². The molecule has 0 spiro atoms. The number of nitrogens with zero attached hydrogens (tertiary/aromatic N) is 6. The fourth-order valence-electron chi connectivity index (χ4n) is 4.65. The molecule has 8 nitrogen and oxygen atoms in total. The number of aromatic nitrogens is 4. The van der Waals surface area contributed by atoms with Gasteiger partial charge in [0.2, 0.25) is 5.91 Å². The van der Waals surface area contributed by atoms with Crippen molar-refractivity contribution in [3.8, 4) is 5.69 Å². The monoisotopic (exact) mass is 482 g/mol. The maximum absolute atomic E-state index is 12.9. The second-order valence-electron chi connectivity index (χ2n) is 9.72. The van der Waals surface area contributed by atoms with Crippen molar-refractivity contribution in [1.29, 1.82) is 0 Å². The van der Waals surface area contributed by atoms with Gasteiger partial charge in [0, 0.05) is 51.2 Å². The van der Waals surface area contributed by atoms with E-state index in [1.54, 1.807) is 0 Å². The molecule has 0 bridgehead atoms. The van der Waals surface area contributed by atoms with Gasteiger partial charge in [-0.25, -0.2) is 14.6 Å². The Kier molecular flexibility index (Phi) is 6.44. The van der Waals surface area contributed by atoms with Crippen LogP contribution in [0.25, 0.3) is 16.7 Å². The lowest BCUT2D eigenvalue weighted by Crippen LogP contribution is -2.52. The number of piperazine rings is 1. The van der Waals surface area contributed by atoms with Crippen LogP contribution in [0.3, 0.4) is 0 Å². The number of alkyl halides is 1. The van der Waals surface area contributed by atoms with E-state index in [1.807, 2.05) is 60.0 Å². The lowest BCUT2D eigenvalue weighted by molar-refractivity contribution is -0.139. The number of carbonyl (C=O) groups is 1. The van der Waals surface area contributed by atoms with Gasteiger partial charge in [0.1, 0.15) is 11.6 Å². The van der Waals surface area contributed by atoms with Crippen molar-refractivity contribution in [1.82, 2.24) is 24.6 Å². The highest BCUT2D eigenvalue weighted by molar-refractivity contribution is 6.19. The predicted molar refractivity (Wildman–Crippen MR) is 133 cm³/mol. The molecule has 4 heterocycles. The summed E-state index contributed by atoms with van der Waals surface area (Å²) in [4.78, 5) is 27.2. The van der Waals surface area contributed by atoms with E-state index < -0.39 is 5.41 Å². The summed E-state index contributed by atoms with van der Waals surface area (Å²) in [6.07, 6.45) is 3.69. The van der Waals surface area contributed by atoms with E-state index in [0.29, 0.717) is 32.1 Å². The van der Waals surface area contributed by atoms with Crippen LogP contribution in [-0.4, -0.2) is 75.8 Å². The minimum atomic E-state index is -0.557. The SMILES string of the molecule is CC(C)(CCl)C(=O)N1CCN(c2nc(C3CCOCC3)nc3c2cnn3-c2ccccc2)CC1. The van der Waals surface area contributed by atoms with Crippen LogP contribution >= 0.6 is 11.6 Å². The Hall–Kier alpha value is -2.71. The van der Waals surface area contributed by atoms with E-state index in [-0.39, 0.29) is 11.8 Å². The van der Waals surface area contributed by atoms with Gasteiger partial charge in [-0.05, 0) is 38.8 Å². The molecule has 2 aliphatic rings. The molecular formula is C25H31ClN6O2. The van der Waals surface area contributed by atoms with Crippen molar-refractivity contribution < 1.29 is 9.53 Å². The molecule has 5 rings (SSSR count). The second kappa shape index (κ2) is 9.50. The third-order valence-electron chi connectivity index (χ3n) is 6.79. The van der Waals surface area contributed by atoms with Gasteiger partial charge in [-0.15, -0.1) is 11.6 Å². The number of fused-ring (bicyclic) bond motifs is 1. The maximum atomic E-state index is 12.9. The number of carbonyl (C=O) groups excluding carboxylic acids is 1. The normalized spacial score (nSPS) is 18.0. The molecule has 34 heavy (non-hydrogen) atoms. The summed E-state index contributed by atoms with van der Waals surface area (Å²) in [7, 11) is 0. The van der Waals surface area contributed by atoms with E-state index in [1.165, 1.54) is 0 Å². The van der Waals surface area contributed by atoms with E-state index in [2.05, 4.69) is 10.00 Å². The smallest absolute Gasteiger partial charge is 0.229 e. The van der Waals surface area contributed by atoms with Crippen molar-refractivity contribution in [3.05, 3.63) is 42.4 Å². The third-order valence-corrected chi connectivity index (χ3v) is 7.46. The summed E-state index contributed by atoms with van der Waals surface area (Å²) in [6.45, 7) is 7.97. The third kappa shape index (κ3) is 4.36. The maximum Gasteiger partial charge on any atom is 0.229 e. The Bertz CT molecular complexity index is 1150. The fraction of sp³-hybridized carbons (Fsp3) is 0.520. The van der Waals surface area contributed by atoms with Crippen LogP contribution in [0.2, 0.25) is 0 Å². The Balaban J connectivity index is 1.49. The summed E-state index contributed by atoms with van der Waals surface area (Å²) in [5, 5.41) is 5.61. The molecule has 0 atom stereocenters. The Morgan fingerprint density at radius 1 is 1.09 bits per heavy atom. The summed E-state index contributed by atoms with van der Waals surface area (Å²) < 4.78 is 7.47. The van der Waals surface area contributed by atoms with Crippen LogP contribution in [0.4, 0.5) is 5.82 Å². The van der Waals surface area contributed by atoms with Gasteiger partial charge in [-0.3, -0.25) is 4.79 Å². The minimum absolute atomic E-state index is 0.106. The quantitative estimate of drug-likeness (QED) is 0.517. The van der Waals surface area contributed by atoms with E-state index in [4.69, 9.17) is 26.3 Å². The van der Waals surface area contributed by atoms with Gasteiger partial charge >= 0.3 is 0 Å². The minimum Gasteiger partial charge on any atom is -0.381 e. The first-order valence-electron chi connectivity index (χ1n) is 12.0. The zero-order valence-corrected chi connectivity index (χ0v) is 20.5. The average molecular weight is 483 g/mol. The molecule has 0 radical (unpaired) electrons. The average Bonchev–Trinajstić information content (AvgIpc) is 3.33. The number of hydrogen-bond donors (Lipinski definition) is 0. The number of hydrogen-bond acceptors (Lipinski definition) is 6. The zero-order chi connectivity index (χ0) is 23.7. The first-order valence-corrected chi connectivity index (χ1v) is 12.5. The van der Waals surface area contributed by atoms with Crippen LogP contribution < -0.4 is 4.90 Å². The molecule has 2 saturated heterocycles. The molecule has 0 unspecified atom stereocenters. The van der Waals surface area contributed by atoms with Gasteiger partial charge in [-0.1, -0.05) is 18.2 Å². The highest BCUT2D eigenvalue weighted by Gasteiger charge is 2.34. The van der Waals surface area contributed by atoms with E-state index in [9.17, 15) is 4.79 Å². The summed E-state index contributed by atoms with van der Waals surface area (Å²) in [6, 6.07) is 10.1. The van der Waals surface area contributed by atoms with Gasteiger partial charge in [0.05, 0.1) is 22.7 Å². The lowest BCUT2D eigenvalue weighted by Gasteiger charge is -2.38. The number of rotatable bonds is 5. The van der Waals surface area contributed by atoms with E-state index >= 15 is 0 Å². The predicted octanol–water partition coefficient (Wildman–Crippen LogP) is 3.62. The van der Waals surface area contributed by atoms with Crippen molar-refractivity contribution in [3.63, 3.8) is 0 Å². The number of halogens is 1. The van der Waals surface area contributed by atoms with Crippen LogP contribution in [-0.2, 0) is 9.53 Å². The summed E-state index contributed by atoms with van der Waals surface area (Å²) in [5.41, 5.74) is 1.23. The molecule has 3 aromatic rings. The largest absolute Gasteiger partial charge is 0.381 e. The van der Waals surface area contributed by atoms with Crippen LogP contribution in [0.1, 0.15) is 38.4 Å². The number of benzene rings is 1. The molecule has 2 aromatic heterocycles. The van der Waals surface area contributed by atoms with Gasteiger partial charge < -0.3 is 14.5 Å². The van der Waals surface area contributed by atoms with Crippen molar-refractivity contribution in [2.75, 3.05) is 50.2 Å². The highest BCUT2D eigenvalue weighted by atomic mass is 35.5. The zero-order valence-electron chi connectivity index (χ0n) is 19.8. The first-order chi connectivity index (χ1) is 16.5. The molecule has 1 amide bonds. The Morgan fingerprint density at radius 3 is 2.47 bits per heavy atom. The topological polar surface area (TPSA) is 76.4 Å². The number of ether oxygens (including phenoxy) is 1. The van der Waals surface area contributed by atoms with E-state index in [0.717, 1.165) is 54.4 Å². The number of anilines is 1.